The fraction of sp³-hybridized carbons (Fsp3) is 0.143. The number of hydrogen-bond donors (Lipinski definition) is 2. The SMILES string of the molecule is Cc1cnc2nc(C(O)c3ccccc3)[nH]c2c1. The Hall–Kier alpha value is -2.20. The highest BCUT2D eigenvalue weighted by atomic mass is 16.3. The number of aromatic nitrogens is 3. The zero-order valence-electron chi connectivity index (χ0n) is 9.96. The average molecular weight is 239 g/mol. The number of nitrogens with zero attached hydrogens (tertiary/aromatic N) is 2. The first kappa shape index (κ1) is 10.9. The standard InChI is InChI=1S/C14H13N3O/c1-9-7-11-13(15-8-9)17-14(16-11)12(18)10-5-3-2-4-6-10/h2-8,12,18H,1H3,(H,15,16,17). The van der Waals surface area contributed by atoms with Gasteiger partial charge in [-0.1, -0.05) is 30.3 Å². The average Bonchev–Trinajstić information content (AvgIpc) is 2.81. The molecule has 1 unspecified atom stereocenters. The molecule has 0 radical (unpaired) electrons. The predicted octanol–water partition coefficient (Wildman–Crippen LogP) is 2.35. The third-order valence-electron chi connectivity index (χ3n) is 2.87. The lowest BCUT2D eigenvalue weighted by molar-refractivity contribution is 0.211. The van der Waals surface area contributed by atoms with Gasteiger partial charge in [0.2, 0.25) is 0 Å². The summed E-state index contributed by atoms with van der Waals surface area (Å²) in [5.41, 5.74) is 3.35. The van der Waals surface area contributed by atoms with Gasteiger partial charge in [0, 0.05) is 6.20 Å². The van der Waals surface area contributed by atoms with Crippen LogP contribution in [0, 0.1) is 6.92 Å². The van der Waals surface area contributed by atoms with Crippen molar-refractivity contribution < 1.29 is 5.11 Å². The molecule has 0 amide bonds. The number of rotatable bonds is 2. The fourth-order valence-corrected chi connectivity index (χ4v) is 1.95. The largest absolute Gasteiger partial charge is 0.380 e. The van der Waals surface area contributed by atoms with Crippen LogP contribution in [0.2, 0.25) is 0 Å². The topological polar surface area (TPSA) is 61.8 Å². The molecule has 0 aliphatic carbocycles. The zero-order chi connectivity index (χ0) is 12.5. The van der Waals surface area contributed by atoms with E-state index in [1.165, 1.54) is 0 Å². The number of imidazole rings is 1. The van der Waals surface area contributed by atoms with Gasteiger partial charge in [0.1, 0.15) is 11.9 Å². The molecule has 90 valence electrons. The molecule has 18 heavy (non-hydrogen) atoms. The summed E-state index contributed by atoms with van der Waals surface area (Å²) in [5.74, 6) is 0.523. The third-order valence-corrected chi connectivity index (χ3v) is 2.87. The molecule has 0 saturated carbocycles. The summed E-state index contributed by atoms with van der Waals surface area (Å²) in [6.07, 6.45) is 1.02. The quantitative estimate of drug-likeness (QED) is 0.721. The number of aliphatic hydroxyl groups excluding tert-OH is 1. The van der Waals surface area contributed by atoms with Gasteiger partial charge in [0.15, 0.2) is 5.65 Å². The summed E-state index contributed by atoms with van der Waals surface area (Å²) in [5, 5.41) is 10.2. The van der Waals surface area contributed by atoms with E-state index in [4.69, 9.17) is 0 Å². The molecule has 0 spiro atoms. The van der Waals surface area contributed by atoms with E-state index in [1.807, 2.05) is 43.3 Å². The van der Waals surface area contributed by atoms with Gasteiger partial charge in [0.25, 0.3) is 0 Å². The molecule has 0 aliphatic rings. The third kappa shape index (κ3) is 1.87. The number of hydrogen-bond acceptors (Lipinski definition) is 3. The Labute approximate surface area is 104 Å². The number of fused-ring (bicyclic) bond motifs is 1. The maximum absolute atomic E-state index is 10.2. The molecule has 0 aliphatic heterocycles. The zero-order valence-corrected chi connectivity index (χ0v) is 9.96. The van der Waals surface area contributed by atoms with Gasteiger partial charge in [-0.3, -0.25) is 0 Å². The van der Waals surface area contributed by atoms with Crippen molar-refractivity contribution >= 4 is 11.2 Å². The first-order chi connectivity index (χ1) is 8.74. The van der Waals surface area contributed by atoms with E-state index in [9.17, 15) is 5.11 Å². The maximum Gasteiger partial charge on any atom is 0.177 e. The molecule has 1 atom stereocenters. The molecule has 2 heterocycles. The van der Waals surface area contributed by atoms with Crippen LogP contribution in [0.4, 0.5) is 0 Å². The fourth-order valence-electron chi connectivity index (χ4n) is 1.95. The maximum atomic E-state index is 10.2. The number of pyridine rings is 1. The molecule has 2 N–H and O–H groups in total. The van der Waals surface area contributed by atoms with Crippen molar-refractivity contribution in [3.8, 4) is 0 Å². The Bertz CT molecular complexity index is 676. The molecule has 0 bridgehead atoms. The number of benzene rings is 1. The van der Waals surface area contributed by atoms with E-state index < -0.39 is 6.10 Å². The lowest BCUT2D eigenvalue weighted by Crippen LogP contribution is -2.01. The van der Waals surface area contributed by atoms with Crippen LogP contribution < -0.4 is 0 Å². The minimum Gasteiger partial charge on any atom is -0.380 e. The van der Waals surface area contributed by atoms with Crippen LogP contribution in [-0.4, -0.2) is 20.1 Å². The molecular weight excluding hydrogens is 226 g/mol. The normalized spacial score (nSPS) is 12.8. The first-order valence-electron chi connectivity index (χ1n) is 5.79. The Morgan fingerprint density at radius 2 is 2.00 bits per heavy atom. The highest BCUT2D eigenvalue weighted by molar-refractivity contribution is 5.71. The second-order valence-electron chi connectivity index (χ2n) is 4.32. The summed E-state index contributed by atoms with van der Waals surface area (Å²) >= 11 is 0. The van der Waals surface area contributed by atoms with Crippen LogP contribution in [0.5, 0.6) is 0 Å². The summed E-state index contributed by atoms with van der Waals surface area (Å²) in [6.45, 7) is 1.97. The van der Waals surface area contributed by atoms with Crippen LogP contribution in [0.25, 0.3) is 11.2 Å². The van der Waals surface area contributed by atoms with E-state index in [0.717, 1.165) is 16.6 Å². The first-order valence-corrected chi connectivity index (χ1v) is 5.79. The predicted molar refractivity (Wildman–Crippen MR) is 69.1 cm³/mol. The van der Waals surface area contributed by atoms with E-state index in [2.05, 4.69) is 15.0 Å². The van der Waals surface area contributed by atoms with Gasteiger partial charge in [-0.25, -0.2) is 9.97 Å². The van der Waals surface area contributed by atoms with Crippen LogP contribution >= 0.6 is 0 Å². The molecule has 1 aromatic carbocycles. The molecule has 3 rings (SSSR count). The number of aromatic amines is 1. The number of nitrogens with one attached hydrogen (secondary N) is 1. The summed E-state index contributed by atoms with van der Waals surface area (Å²) in [7, 11) is 0. The molecule has 4 heteroatoms. The van der Waals surface area contributed by atoms with E-state index in [1.54, 1.807) is 6.20 Å². The van der Waals surface area contributed by atoms with Crippen LogP contribution in [-0.2, 0) is 0 Å². The van der Waals surface area contributed by atoms with Gasteiger partial charge in [-0.15, -0.1) is 0 Å². The van der Waals surface area contributed by atoms with Gasteiger partial charge < -0.3 is 10.1 Å². The smallest absolute Gasteiger partial charge is 0.177 e. The van der Waals surface area contributed by atoms with Crippen molar-refractivity contribution in [1.29, 1.82) is 0 Å². The minimum absolute atomic E-state index is 0.523. The number of aliphatic hydroxyl groups is 1. The summed E-state index contributed by atoms with van der Waals surface area (Å²) in [4.78, 5) is 11.6. The summed E-state index contributed by atoms with van der Waals surface area (Å²) in [6, 6.07) is 11.4. The highest BCUT2D eigenvalue weighted by Crippen LogP contribution is 2.21. The van der Waals surface area contributed by atoms with Crippen molar-refractivity contribution in [1.82, 2.24) is 15.0 Å². The second kappa shape index (κ2) is 4.23. The molecule has 3 aromatic rings. The lowest BCUT2D eigenvalue weighted by Gasteiger charge is -2.06. The Kier molecular flexibility index (Phi) is 2.57. The number of H-pyrrole nitrogens is 1. The monoisotopic (exact) mass is 239 g/mol. The molecule has 0 fully saturated rings. The van der Waals surface area contributed by atoms with E-state index in [-0.39, 0.29) is 0 Å². The highest BCUT2D eigenvalue weighted by Gasteiger charge is 2.14. The van der Waals surface area contributed by atoms with E-state index >= 15 is 0 Å². The van der Waals surface area contributed by atoms with Gasteiger partial charge in [-0.2, -0.15) is 0 Å². The van der Waals surface area contributed by atoms with Crippen molar-refractivity contribution in [3.05, 3.63) is 59.5 Å². The Balaban J connectivity index is 2.04. The van der Waals surface area contributed by atoms with Gasteiger partial charge in [-0.05, 0) is 24.1 Å². The van der Waals surface area contributed by atoms with Crippen molar-refractivity contribution in [2.45, 2.75) is 13.0 Å². The number of aryl methyl sites for hydroxylation is 1. The molecular formula is C14H13N3O. The van der Waals surface area contributed by atoms with Crippen LogP contribution in [0.3, 0.4) is 0 Å². The molecule has 4 nitrogen and oxygen atoms in total. The van der Waals surface area contributed by atoms with Crippen molar-refractivity contribution in [2.75, 3.05) is 0 Å². The molecule has 0 saturated heterocycles. The minimum atomic E-state index is -0.749. The van der Waals surface area contributed by atoms with Gasteiger partial charge in [0.05, 0.1) is 5.52 Å². The Morgan fingerprint density at radius 3 is 2.78 bits per heavy atom. The van der Waals surface area contributed by atoms with Crippen LogP contribution in [0.15, 0.2) is 42.6 Å². The van der Waals surface area contributed by atoms with Crippen LogP contribution in [0.1, 0.15) is 23.1 Å². The Morgan fingerprint density at radius 1 is 1.22 bits per heavy atom. The second-order valence-corrected chi connectivity index (χ2v) is 4.32. The van der Waals surface area contributed by atoms with E-state index in [0.29, 0.717) is 11.5 Å². The van der Waals surface area contributed by atoms with Crippen molar-refractivity contribution in [2.24, 2.45) is 0 Å². The van der Waals surface area contributed by atoms with Crippen molar-refractivity contribution in [3.63, 3.8) is 0 Å². The van der Waals surface area contributed by atoms with Gasteiger partial charge >= 0.3 is 0 Å². The summed E-state index contributed by atoms with van der Waals surface area (Å²) < 4.78 is 0. The molecule has 2 aromatic heterocycles. The lowest BCUT2D eigenvalue weighted by atomic mass is 10.1.